The van der Waals surface area contributed by atoms with Gasteiger partial charge in [0.1, 0.15) is 0 Å². The quantitative estimate of drug-likeness (QED) is 0.416. The van der Waals surface area contributed by atoms with Gasteiger partial charge in [0, 0.05) is 24.9 Å². The Morgan fingerprint density at radius 1 is 1.14 bits per heavy atom. The molecule has 3 aliphatic rings. The maximum absolute atomic E-state index is 14.4. The van der Waals surface area contributed by atoms with Crippen LogP contribution in [0.3, 0.4) is 0 Å². The number of carbonyl (C=O) groups excluding carboxylic acids is 2. The first kappa shape index (κ1) is 26.8. The van der Waals surface area contributed by atoms with Crippen LogP contribution in [-0.4, -0.2) is 94.7 Å². The van der Waals surface area contributed by atoms with Crippen molar-refractivity contribution in [2.24, 2.45) is 5.92 Å². The van der Waals surface area contributed by atoms with Gasteiger partial charge in [-0.1, -0.05) is 6.07 Å². The summed E-state index contributed by atoms with van der Waals surface area (Å²) >= 11 is 0. The molecule has 1 aromatic rings. The molecule has 0 atom stereocenters. The van der Waals surface area contributed by atoms with Crippen LogP contribution in [0, 0.1) is 11.7 Å². The van der Waals surface area contributed by atoms with Crippen molar-refractivity contribution in [2.45, 2.75) is 37.5 Å². The maximum atomic E-state index is 14.4. The number of urea groups is 1. The summed E-state index contributed by atoms with van der Waals surface area (Å²) in [7, 11) is -1.47. The standard InChI is InChI=1S/C25H36FN3O6S/c1-28-10-7-25(8-11-28,20-4-5-21(26)22(16-20)35-17-19-2-3-19)18-36(32,33)15-14-34-13-12-29-9-6-23(30)27-24(29)31/h4-5,16,19H,2-3,6-15,17-18H2,1H3,(H,27,30,31). The molecule has 200 valence electrons. The average molecular weight is 526 g/mol. The zero-order valence-electron chi connectivity index (χ0n) is 20.8. The Morgan fingerprint density at radius 2 is 1.89 bits per heavy atom. The molecular formula is C25H36FN3O6S. The van der Waals surface area contributed by atoms with Crippen molar-refractivity contribution < 1.29 is 31.9 Å². The Morgan fingerprint density at radius 3 is 2.58 bits per heavy atom. The molecule has 0 radical (unpaired) electrons. The first-order valence-corrected chi connectivity index (χ1v) is 14.5. The summed E-state index contributed by atoms with van der Waals surface area (Å²) in [5.74, 6) is -0.220. The number of hydrogen-bond acceptors (Lipinski definition) is 7. The van der Waals surface area contributed by atoms with E-state index in [0.29, 0.717) is 31.9 Å². The highest BCUT2D eigenvalue weighted by Crippen LogP contribution is 2.39. The normalized spacial score (nSPS) is 20.9. The number of nitrogens with one attached hydrogen (secondary N) is 1. The Hall–Kier alpha value is -2.24. The third-order valence-corrected chi connectivity index (χ3v) is 9.12. The molecule has 1 saturated carbocycles. The van der Waals surface area contributed by atoms with E-state index in [1.165, 1.54) is 11.0 Å². The SMILES string of the molecule is CN1CCC(CS(=O)(=O)CCOCCN2CCC(=O)NC2=O)(c2ccc(F)c(OCC3CC3)c2)CC1. The summed E-state index contributed by atoms with van der Waals surface area (Å²) in [6, 6.07) is 4.33. The molecule has 11 heteroatoms. The van der Waals surface area contributed by atoms with Crippen LogP contribution in [0.4, 0.5) is 9.18 Å². The molecule has 1 N–H and O–H groups in total. The van der Waals surface area contributed by atoms with Crippen molar-refractivity contribution in [3.8, 4) is 5.75 Å². The molecule has 0 bridgehead atoms. The highest BCUT2D eigenvalue weighted by molar-refractivity contribution is 7.91. The molecule has 1 aliphatic carbocycles. The number of sulfone groups is 1. The molecule has 2 saturated heterocycles. The van der Waals surface area contributed by atoms with Gasteiger partial charge in [0.05, 0.1) is 31.3 Å². The van der Waals surface area contributed by atoms with Gasteiger partial charge in [-0.3, -0.25) is 10.1 Å². The average Bonchev–Trinajstić information content (AvgIpc) is 3.65. The van der Waals surface area contributed by atoms with E-state index in [0.717, 1.165) is 31.5 Å². The lowest BCUT2D eigenvalue weighted by molar-refractivity contribution is -0.121. The second-order valence-corrected chi connectivity index (χ2v) is 12.5. The van der Waals surface area contributed by atoms with E-state index >= 15 is 0 Å². The van der Waals surface area contributed by atoms with Crippen molar-refractivity contribution in [2.75, 3.05) is 64.6 Å². The van der Waals surface area contributed by atoms with Crippen molar-refractivity contribution in [3.63, 3.8) is 0 Å². The number of imide groups is 1. The minimum absolute atomic E-state index is 0.0197. The molecule has 0 unspecified atom stereocenters. The Bertz CT molecular complexity index is 1050. The summed E-state index contributed by atoms with van der Waals surface area (Å²) in [6.45, 7) is 2.81. The summed E-state index contributed by atoms with van der Waals surface area (Å²) in [6.07, 6.45) is 3.75. The van der Waals surface area contributed by atoms with Crippen LogP contribution < -0.4 is 10.1 Å². The molecule has 4 rings (SSSR count). The van der Waals surface area contributed by atoms with Gasteiger partial charge in [0.15, 0.2) is 21.4 Å². The molecule has 1 aromatic carbocycles. The van der Waals surface area contributed by atoms with E-state index < -0.39 is 27.1 Å². The minimum Gasteiger partial charge on any atom is -0.490 e. The van der Waals surface area contributed by atoms with Crippen LogP contribution >= 0.6 is 0 Å². The van der Waals surface area contributed by atoms with E-state index in [4.69, 9.17) is 9.47 Å². The number of piperidine rings is 1. The van der Waals surface area contributed by atoms with Crippen molar-refractivity contribution >= 4 is 21.8 Å². The molecule has 0 aromatic heterocycles. The number of benzene rings is 1. The van der Waals surface area contributed by atoms with E-state index in [-0.39, 0.29) is 49.3 Å². The minimum atomic E-state index is -3.48. The van der Waals surface area contributed by atoms with Gasteiger partial charge in [0.2, 0.25) is 5.91 Å². The molecular weight excluding hydrogens is 489 g/mol. The number of amides is 3. The second kappa shape index (κ2) is 11.4. The zero-order valence-corrected chi connectivity index (χ0v) is 21.7. The third kappa shape index (κ3) is 7.17. The lowest BCUT2D eigenvalue weighted by Crippen LogP contribution is -2.50. The van der Waals surface area contributed by atoms with Crippen LogP contribution in [0.25, 0.3) is 0 Å². The highest BCUT2D eigenvalue weighted by atomic mass is 32.2. The fraction of sp³-hybridized carbons (Fsp3) is 0.680. The van der Waals surface area contributed by atoms with Crippen LogP contribution in [-0.2, 0) is 24.8 Å². The van der Waals surface area contributed by atoms with Crippen LogP contribution in [0.1, 0.15) is 37.7 Å². The fourth-order valence-electron chi connectivity index (χ4n) is 4.77. The van der Waals surface area contributed by atoms with Crippen molar-refractivity contribution in [1.82, 2.24) is 15.1 Å². The largest absolute Gasteiger partial charge is 0.490 e. The van der Waals surface area contributed by atoms with Crippen LogP contribution in [0.5, 0.6) is 5.75 Å². The molecule has 2 heterocycles. The van der Waals surface area contributed by atoms with Gasteiger partial charge in [0.25, 0.3) is 0 Å². The predicted octanol–water partition coefficient (Wildman–Crippen LogP) is 1.95. The van der Waals surface area contributed by atoms with Crippen molar-refractivity contribution in [3.05, 3.63) is 29.6 Å². The van der Waals surface area contributed by atoms with E-state index in [1.807, 2.05) is 7.05 Å². The number of halogens is 1. The molecule has 3 fully saturated rings. The maximum Gasteiger partial charge on any atom is 0.324 e. The van der Waals surface area contributed by atoms with E-state index in [1.54, 1.807) is 12.1 Å². The summed E-state index contributed by atoms with van der Waals surface area (Å²) < 4.78 is 52.0. The number of likely N-dealkylation sites (tertiary alicyclic amines) is 1. The second-order valence-electron chi connectivity index (χ2n) is 10.3. The van der Waals surface area contributed by atoms with Gasteiger partial charge in [-0.2, -0.15) is 0 Å². The fourth-order valence-corrected chi connectivity index (χ4v) is 6.58. The van der Waals surface area contributed by atoms with Gasteiger partial charge in [-0.25, -0.2) is 17.6 Å². The Kier molecular flexibility index (Phi) is 8.52. The molecule has 2 aliphatic heterocycles. The summed E-state index contributed by atoms with van der Waals surface area (Å²) in [5, 5.41) is 2.25. The number of ether oxygens (including phenoxy) is 2. The van der Waals surface area contributed by atoms with Gasteiger partial charge in [-0.15, -0.1) is 0 Å². The summed E-state index contributed by atoms with van der Waals surface area (Å²) in [4.78, 5) is 26.6. The number of nitrogens with zero attached hydrogens (tertiary/aromatic N) is 2. The molecule has 3 amide bonds. The van der Waals surface area contributed by atoms with E-state index in [2.05, 4.69) is 10.2 Å². The number of hydrogen-bond donors (Lipinski definition) is 1. The van der Waals surface area contributed by atoms with Crippen LogP contribution in [0.2, 0.25) is 0 Å². The Balaban J connectivity index is 1.36. The zero-order chi connectivity index (χ0) is 25.8. The number of carbonyl (C=O) groups is 2. The van der Waals surface area contributed by atoms with Gasteiger partial charge < -0.3 is 19.3 Å². The molecule has 0 spiro atoms. The predicted molar refractivity (Wildman–Crippen MR) is 132 cm³/mol. The first-order valence-electron chi connectivity index (χ1n) is 12.6. The first-order chi connectivity index (χ1) is 17.2. The third-order valence-electron chi connectivity index (χ3n) is 7.34. The molecule has 36 heavy (non-hydrogen) atoms. The Labute approximate surface area is 212 Å². The lowest BCUT2D eigenvalue weighted by Gasteiger charge is -2.41. The lowest BCUT2D eigenvalue weighted by atomic mass is 9.74. The van der Waals surface area contributed by atoms with Gasteiger partial charge in [-0.05, 0) is 69.4 Å². The van der Waals surface area contributed by atoms with Gasteiger partial charge >= 0.3 is 6.03 Å². The monoisotopic (exact) mass is 525 g/mol. The van der Waals surface area contributed by atoms with Crippen LogP contribution in [0.15, 0.2) is 18.2 Å². The summed E-state index contributed by atoms with van der Waals surface area (Å²) in [5.41, 5.74) is 0.188. The molecule has 9 nitrogen and oxygen atoms in total. The smallest absolute Gasteiger partial charge is 0.324 e. The number of rotatable bonds is 12. The highest BCUT2D eigenvalue weighted by Gasteiger charge is 2.40. The van der Waals surface area contributed by atoms with E-state index in [9.17, 15) is 22.4 Å². The topological polar surface area (TPSA) is 105 Å². The van der Waals surface area contributed by atoms with Crippen molar-refractivity contribution in [1.29, 1.82) is 0 Å².